The van der Waals surface area contributed by atoms with Gasteiger partial charge in [-0.2, -0.15) is 0 Å². The average molecular weight is 296 g/mol. The van der Waals surface area contributed by atoms with Crippen molar-refractivity contribution >= 4 is 17.5 Å². The summed E-state index contributed by atoms with van der Waals surface area (Å²) in [4.78, 5) is 15.0. The Bertz CT molecular complexity index is 733. The molecular weight excluding hydrogens is 285 g/mol. The molecule has 7 heteroatoms. The predicted octanol–water partition coefficient (Wildman–Crippen LogP) is 3.56. The zero-order valence-electron chi connectivity index (χ0n) is 11.2. The lowest BCUT2D eigenvalue weighted by Crippen LogP contribution is -2.09. The van der Waals surface area contributed by atoms with Crippen molar-refractivity contribution in [3.8, 4) is 0 Å². The fourth-order valence-electron chi connectivity index (χ4n) is 1.71. The van der Waals surface area contributed by atoms with Crippen molar-refractivity contribution < 1.29 is 23.1 Å². The molecule has 1 aromatic carbocycles. The number of carbonyl (C=O) groups is 1. The second-order valence-electron chi connectivity index (χ2n) is 4.49. The maximum absolute atomic E-state index is 13.8. The minimum Gasteiger partial charge on any atom is -0.478 e. The molecule has 0 aliphatic heterocycles. The summed E-state index contributed by atoms with van der Waals surface area (Å²) in [5.41, 5.74) is 0.320. The van der Waals surface area contributed by atoms with Crippen molar-refractivity contribution in [1.82, 2.24) is 4.98 Å². The van der Waals surface area contributed by atoms with E-state index in [1.807, 2.05) is 6.92 Å². The van der Waals surface area contributed by atoms with E-state index in [4.69, 9.17) is 5.11 Å². The molecular formula is C14H11F3N2O2. The fourth-order valence-corrected chi connectivity index (χ4v) is 1.71. The highest BCUT2D eigenvalue weighted by molar-refractivity contribution is 5.95. The predicted molar refractivity (Wildman–Crippen MR) is 70.3 cm³/mol. The Labute approximate surface area is 118 Å². The van der Waals surface area contributed by atoms with Crippen LogP contribution >= 0.6 is 0 Å². The molecule has 2 rings (SSSR count). The zero-order chi connectivity index (χ0) is 15.7. The lowest BCUT2D eigenvalue weighted by Gasteiger charge is -2.12. The molecule has 0 unspecified atom stereocenters. The Morgan fingerprint density at radius 1 is 1.14 bits per heavy atom. The molecule has 0 atom stereocenters. The molecule has 0 bridgehead atoms. The SMILES string of the molecule is Cc1cnc(Nc2c(C(=O)O)cc(F)c(F)c2F)cc1C. The monoisotopic (exact) mass is 296 g/mol. The van der Waals surface area contributed by atoms with E-state index in [9.17, 15) is 18.0 Å². The van der Waals surface area contributed by atoms with E-state index < -0.39 is 34.7 Å². The van der Waals surface area contributed by atoms with Gasteiger partial charge in [-0.15, -0.1) is 0 Å². The van der Waals surface area contributed by atoms with Crippen LogP contribution in [0.3, 0.4) is 0 Å². The number of nitrogens with zero attached hydrogens (tertiary/aromatic N) is 1. The smallest absolute Gasteiger partial charge is 0.338 e. The van der Waals surface area contributed by atoms with E-state index >= 15 is 0 Å². The molecule has 0 saturated carbocycles. The molecule has 0 aliphatic rings. The number of benzene rings is 1. The van der Waals surface area contributed by atoms with Crippen LogP contribution in [0.5, 0.6) is 0 Å². The van der Waals surface area contributed by atoms with Gasteiger partial charge in [-0.05, 0) is 37.1 Å². The molecule has 0 fully saturated rings. The highest BCUT2D eigenvalue weighted by atomic mass is 19.2. The molecule has 0 saturated heterocycles. The molecule has 0 aliphatic carbocycles. The molecule has 110 valence electrons. The number of carboxylic acid groups (broad SMARTS) is 1. The molecule has 2 N–H and O–H groups in total. The third-order valence-corrected chi connectivity index (χ3v) is 3.02. The van der Waals surface area contributed by atoms with Gasteiger partial charge in [0.15, 0.2) is 17.5 Å². The maximum atomic E-state index is 13.8. The van der Waals surface area contributed by atoms with Gasteiger partial charge in [0.1, 0.15) is 5.82 Å². The van der Waals surface area contributed by atoms with Gasteiger partial charge in [0.25, 0.3) is 0 Å². The topological polar surface area (TPSA) is 62.2 Å². The number of aromatic nitrogens is 1. The van der Waals surface area contributed by atoms with Gasteiger partial charge in [0.05, 0.1) is 11.3 Å². The Hall–Kier alpha value is -2.57. The highest BCUT2D eigenvalue weighted by Crippen LogP contribution is 2.28. The van der Waals surface area contributed by atoms with E-state index in [-0.39, 0.29) is 5.82 Å². The number of pyridine rings is 1. The minimum absolute atomic E-state index is 0.130. The van der Waals surface area contributed by atoms with Gasteiger partial charge in [0, 0.05) is 6.20 Å². The van der Waals surface area contributed by atoms with Crippen molar-refractivity contribution in [3.05, 3.63) is 52.5 Å². The Balaban J connectivity index is 2.54. The molecule has 4 nitrogen and oxygen atoms in total. The average Bonchev–Trinajstić information content (AvgIpc) is 2.43. The van der Waals surface area contributed by atoms with Gasteiger partial charge in [-0.1, -0.05) is 0 Å². The quantitative estimate of drug-likeness (QED) is 0.850. The molecule has 2 aromatic rings. The number of aryl methyl sites for hydroxylation is 2. The first-order chi connectivity index (χ1) is 9.81. The van der Waals surface area contributed by atoms with Crippen molar-refractivity contribution in [1.29, 1.82) is 0 Å². The van der Waals surface area contributed by atoms with E-state index in [1.54, 1.807) is 13.0 Å². The van der Waals surface area contributed by atoms with Gasteiger partial charge in [0.2, 0.25) is 0 Å². The van der Waals surface area contributed by atoms with Crippen LogP contribution in [-0.4, -0.2) is 16.1 Å². The second-order valence-corrected chi connectivity index (χ2v) is 4.49. The van der Waals surface area contributed by atoms with Crippen molar-refractivity contribution in [2.45, 2.75) is 13.8 Å². The summed E-state index contributed by atoms with van der Waals surface area (Å²) in [6.07, 6.45) is 1.50. The van der Waals surface area contributed by atoms with Crippen LogP contribution in [0.4, 0.5) is 24.7 Å². The summed E-state index contributed by atoms with van der Waals surface area (Å²) >= 11 is 0. The summed E-state index contributed by atoms with van der Waals surface area (Å²) in [6.45, 7) is 3.59. The lowest BCUT2D eigenvalue weighted by atomic mass is 10.1. The number of hydrogen-bond acceptors (Lipinski definition) is 3. The number of halogens is 3. The van der Waals surface area contributed by atoms with Gasteiger partial charge >= 0.3 is 5.97 Å². The van der Waals surface area contributed by atoms with Crippen LogP contribution in [0.1, 0.15) is 21.5 Å². The zero-order valence-corrected chi connectivity index (χ0v) is 11.2. The molecule has 1 aromatic heterocycles. The molecule has 0 radical (unpaired) electrons. The summed E-state index contributed by atoms with van der Waals surface area (Å²) in [6, 6.07) is 1.96. The first-order valence-electron chi connectivity index (χ1n) is 5.92. The Morgan fingerprint density at radius 2 is 1.81 bits per heavy atom. The fraction of sp³-hybridized carbons (Fsp3) is 0.143. The summed E-state index contributed by atoms with van der Waals surface area (Å²) in [5, 5.41) is 11.4. The van der Waals surface area contributed by atoms with E-state index in [2.05, 4.69) is 10.3 Å². The molecule has 0 spiro atoms. The van der Waals surface area contributed by atoms with Crippen LogP contribution in [0.15, 0.2) is 18.3 Å². The van der Waals surface area contributed by atoms with Crippen LogP contribution in [0.25, 0.3) is 0 Å². The number of carboxylic acids is 1. The first kappa shape index (κ1) is 14.8. The van der Waals surface area contributed by atoms with Crippen molar-refractivity contribution in [3.63, 3.8) is 0 Å². The summed E-state index contributed by atoms with van der Waals surface area (Å²) in [7, 11) is 0. The summed E-state index contributed by atoms with van der Waals surface area (Å²) in [5.74, 6) is -6.37. The molecule has 21 heavy (non-hydrogen) atoms. The molecule has 0 amide bonds. The highest BCUT2D eigenvalue weighted by Gasteiger charge is 2.23. The Morgan fingerprint density at radius 3 is 2.38 bits per heavy atom. The van der Waals surface area contributed by atoms with Crippen LogP contribution in [-0.2, 0) is 0 Å². The number of nitrogens with one attached hydrogen (secondary N) is 1. The second kappa shape index (κ2) is 5.43. The number of hydrogen-bond donors (Lipinski definition) is 2. The number of aromatic carboxylic acids is 1. The normalized spacial score (nSPS) is 10.5. The van der Waals surface area contributed by atoms with Crippen LogP contribution in [0.2, 0.25) is 0 Å². The first-order valence-corrected chi connectivity index (χ1v) is 5.92. The van der Waals surface area contributed by atoms with Crippen molar-refractivity contribution in [2.75, 3.05) is 5.32 Å². The van der Waals surface area contributed by atoms with Gasteiger partial charge in [-0.25, -0.2) is 22.9 Å². The maximum Gasteiger partial charge on any atom is 0.338 e. The number of rotatable bonds is 3. The van der Waals surface area contributed by atoms with Gasteiger partial charge < -0.3 is 10.4 Å². The molecule has 1 heterocycles. The van der Waals surface area contributed by atoms with Crippen molar-refractivity contribution in [2.24, 2.45) is 0 Å². The van der Waals surface area contributed by atoms with Gasteiger partial charge in [-0.3, -0.25) is 0 Å². The van der Waals surface area contributed by atoms with Crippen LogP contribution < -0.4 is 5.32 Å². The third kappa shape index (κ3) is 2.81. The van der Waals surface area contributed by atoms with Crippen LogP contribution in [0, 0.1) is 31.3 Å². The third-order valence-electron chi connectivity index (χ3n) is 3.02. The van der Waals surface area contributed by atoms with E-state index in [0.29, 0.717) is 6.07 Å². The standard InChI is InChI=1S/C14H11F3N2O2/c1-6-3-10(18-5-7(6)2)19-13-8(14(20)21)4-9(15)11(16)12(13)17/h3-5H,1-2H3,(H,18,19)(H,20,21). The van der Waals surface area contributed by atoms with E-state index in [1.165, 1.54) is 6.20 Å². The lowest BCUT2D eigenvalue weighted by molar-refractivity contribution is 0.0696. The largest absolute Gasteiger partial charge is 0.478 e. The number of anilines is 2. The summed E-state index contributed by atoms with van der Waals surface area (Å²) < 4.78 is 40.2. The minimum atomic E-state index is -1.74. The Kier molecular flexibility index (Phi) is 3.84. The van der Waals surface area contributed by atoms with E-state index in [0.717, 1.165) is 11.1 Å².